The second-order valence-electron chi connectivity index (χ2n) is 4.75. The van der Waals surface area contributed by atoms with Crippen molar-refractivity contribution in [3.05, 3.63) is 24.0 Å². The lowest BCUT2D eigenvalue weighted by Crippen LogP contribution is -2.36. The number of carboxylic acids is 1. The van der Waals surface area contributed by atoms with Crippen molar-refractivity contribution in [1.82, 2.24) is 4.31 Å². The van der Waals surface area contributed by atoms with E-state index in [2.05, 4.69) is 0 Å². The maximum Gasteiger partial charge on any atom is 0.318 e. The van der Waals surface area contributed by atoms with Gasteiger partial charge in [0, 0.05) is 6.54 Å². The largest absolute Gasteiger partial charge is 0.480 e. The number of benzene rings is 1. The fourth-order valence-electron chi connectivity index (χ4n) is 1.81. The van der Waals surface area contributed by atoms with Crippen molar-refractivity contribution in [2.45, 2.75) is 18.2 Å². The highest BCUT2D eigenvalue weighted by Gasteiger charge is 2.28. The van der Waals surface area contributed by atoms with Crippen molar-refractivity contribution in [2.75, 3.05) is 24.1 Å². The Morgan fingerprint density at radius 1 is 1.30 bits per heavy atom. The molecule has 0 unspecified atom stereocenters. The number of sulfonamides is 2. The molecule has 0 spiro atoms. The van der Waals surface area contributed by atoms with Crippen LogP contribution in [-0.4, -0.2) is 51.6 Å². The number of halogens is 1. The van der Waals surface area contributed by atoms with Gasteiger partial charge in [0.25, 0.3) is 0 Å². The van der Waals surface area contributed by atoms with Gasteiger partial charge in [0.2, 0.25) is 20.0 Å². The van der Waals surface area contributed by atoms with Crippen molar-refractivity contribution < 1.29 is 31.1 Å². The van der Waals surface area contributed by atoms with Gasteiger partial charge >= 0.3 is 5.97 Å². The average Bonchev–Trinajstić information content (AvgIpc) is 2.35. The molecule has 2 N–H and O–H groups in total. The minimum absolute atomic E-state index is 0.0859. The number of rotatable bonds is 8. The van der Waals surface area contributed by atoms with Crippen LogP contribution >= 0.6 is 0 Å². The summed E-state index contributed by atoms with van der Waals surface area (Å²) < 4.78 is 63.6. The molecule has 0 fully saturated rings. The van der Waals surface area contributed by atoms with Crippen LogP contribution in [0.3, 0.4) is 0 Å². The fraction of sp³-hybridized carbons (Fsp3) is 0.417. The van der Waals surface area contributed by atoms with Gasteiger partial charge in [-0.2, -0.15) is 4.31 Å². The van der Waals surface area contributed by atoms with Crippen LogP contribution in [0.1, 0.15) is 13.3 Å². The van der Waals surface area contributed by atoms with Gasteiger partial charge in [-0.3, -0.25) is 9.52 Å². The topological polar surface area (TPSA) is 121 Å². The second kappa shape index (κ2) is 7.23. The Labute approximate surface area is 134 Å². The van der Waals surface area contributed by atoms with Crippen molar-refractivity contribution in [3.63, 3.8) is 0 Å². The van der Waals surface area contributed by atoms with E-state index < -0.39 is 43.3 Å². The molecule has 1 rings (SSSR count). The third-order valence-corrected chi connectivity index (χ3v) is 5.12. The Balaban J connectivity index is 3.24. The SMILES string of the molecule is CCCN(CC(=O)O)S(=O)(=O)c1ccc(NS(C)(=O)=O)cc1F. The molecule has 0 atom stereocenters. The molecule has 0 saturated carbocycles. The summed E-state index contributed by atoms with van der Waals surface area (Å²) in [6.07, 6.45) is 1.22. The van der Waals surface area contributed by atoms with Crippen LogP contribution in [0.5, 0.6) is 0 Å². The van der Waals surface area contributed by atoms with Gasteiger partial charge in [0.1, 0.15) is 17.3 Å². The molecule has 0 aliphatic heterocycles. The minimum Gasteiger partial charge on any atom is -0.480 e. The van der Waals surface area contributed by atoms with E-state index in [1.54, 1.807) is 6.92 Å². The molecule has 0 heterocycles. The van der Waals surface area contributed by atoms with Crippen molar-refractivity contribution >= 4 is 31.7 Å². The molecule has 0 amide bonds. The first-order chi connectivity index (χ1) is 10.5. The zero-order valence-corrected chi connectivity index (χ0v) is 14.1. The van der Waals surface area contributed by atoms with Gasteiger partial charge in [-0.15, -0.1) is 0 Å². The van der Waals surface area contributed by atoms with Crippen molar-refractivity contribution in [2.24, 2.45) is 0 Å². The van der Waals surface area contributed by atoms with E-state index in [-0.39, 0.29) is 12.2 Å². The molecule has 0 aliphatic rings. The molecule has 0 radical (unpaired) electrons. The Kier molecular flexibility index (Phi) is 6.08. The summed E-state index contributed by atoms with van der Waals surface area (Å²) in [5.74, 6) is -2.54. The summed E-state index contributed by atoms with van der Waals surface area (Å²) >= 11 is 0. The molecule has 0 aliphatic carbocycles. The maximum absolute atomic E-state index is 14.1. The molecule has 0 aromatic heterocycles. The smallest absolute Gasteiger partial charge is 0.318 e. The van der Waals surface area contributed by atoms with E-state index >= 15 is 0 Å². The molecule has 130 valence electrons. The van der Waals surface area contributed by atoms with E-state index in [1.165, 1.54) is 0 Å². The van der Waals surface area contributed by atoms with Crippen LogP contribution < -0.4 is 4.72 Å². The number of carboxylic acid groups (broad SMARTS) is 1. The number of carbonyl (C=O) groups is 1. The summed E-state index contributed by atoms with van der Waals surface area (Å²) in [6, 6.07) is 2.70. The van der Waals surface area contributed by atoms with Crippen LogP contribution in [0, 0.1) is 5.82 Å². The Morgan fingerprint density at radius 2 is 1.91 bits per heavy atom. The van der Waals surface area contributed by atoms with Gasteiger partial charge in [-0.1, -0.05) is 6.92 Å². The molecule has 23 heavy (non-hydrogen) atoms. The standard InChI is InChI=1S/C12H17FN2O6S2/c1-3-6-15(8-12(16)17)23(20,21)11-5-4-9(7-10(11)13)14-22(2,18)19/h4-5,7,14H,3,6,8H2,1-2H3,(H,16,17). The summed E-state index contributed by atoms with van der Waals surface area (Å²) in [5.41, 5.74) is -0.135. The predicted octanol–water partition coefficient (Wildman–Crippen LogP) is 0.682. The minimum atomic E-state index is -4.35. The highest BCUT2D eigenvalue weighted by Crippen LogP contribution is 2.23. The summed E-state index contributed by atoms with van der Waals surface area (Å²) in [7, 11) is -7.99. The highest BCUT2D eigenvalue weighted by atomic mass is 32.2. The summed E-state index contributed by atoms with van der Waals surface area (Å²) in [6.45, 7) is 0.774. The van der Waals surface area contributed by atoms with E-state index in [9.17, 15) is 26.0 Å². The van der Waals surface area contributed by atoms with Crippen LogP contribution in [-0.2, 0) is 24.8 Å². The molecule has 1 aromatic carbocycles. The first-order valence-electron chi connectivity index (χ1n) is 6.46. The third-order valence-electron chi connectivity index (χ3n) is 2.64. The predicted molar refractivity (Wildman–Crippen MR) is 81.6 cm³/mol. The molecule has 0 saturated heterocycles. The fourth-order valence-corrected chi connectivity index (χ4v) is 3.89. The normalized spacial score (nSPS) is 12.3. The van der Waals surface area contributed by atoms with Crippen LogP contribution in [0.2, 0.25) is 0 Å². The first-order valence-corrected chi connectivity index (χ1v) is 9.80. The molecule has 11 heteroatoms. The van der Waals surface area contributed by atoms with Gasteiger partial charge < -0.3 is 5.11 Å². The summed E-state index contributed by atoms with van der Waals surface area (Å²) in [4.78, 5) is 10.1. The highest BCUT2D eigenvalue weighted by molar-refractivity contribution is 7.92. The molecule has 8 nitrogen and oxygen atoms in total. The third kappa shape index (κ3) is 5.44. The lowest BCUT2D eigenvalue weighted by molar-refractivity contribution is -0.137. The Morgan fingerprint density at radius 3 is 2.35 bits per heavy atom. The molecule has 0 bridgehead atoms. The lowest BCUT2D eigenvalue weighted by atomic mass is 10.3. The quantitative estimate of drug-likeness (QED) is 0.696. The Bertz CT molecular complexity index is 792. The van der Waals surface area contributed by atoms with Gasteiger partial charge in [0.05, 0.1) is 11.9 Å². The zero-order valence-electron chi connectivity index (χ0n) is 12.5. The van der Waals surface area contributed by atoms with Gasteiger partial charge in [-0.25, -0.2) is 21.2 Å². The number of hydrogen-bond donors (Lipinski definition) is 2. The van der Waals surface area contributed by atoms with E-state index in [0.717, 1.165) is 24.5 Å². The van der Waals surface area contributed by atoms with Gasteiger partial charge in [-0.05, 0) is 24.6 Å². The van der Waals surface area contributed by atoms with E-state index in [4.69, 9.17) is 5.11 Å². The first kappa shape index (κ1) is 19.3. The average molecular weight is 368 g/mol. The second-order valence-corrected chi connectivity index (χ2v) is 8.41. The van der Waals surface area contributed by atoms with Crippen LogP contribution in [0.4, 0.5) is 10.1 Å². The monoisotopic (exact) mass is 368 g/mol. The van der Waals surface area contributed by atoms with E-state index in [0.29, 0.717) is 10.7 Å². The molecular weight excluding hydrogens is 351 g/mol. The van der Waals surface area contributed by atoms with Crippen molar-refractivity contribution in [1.29, 1.82) is 0 Å². The number of anilines is 1. The zero-order chi connectivity index (χ0) is 17.8. The molecular formula is C12H17FN2O6S2. The van der Waals surface area contributed by atoms with E-state index in [1.807, 2.05) is 4.72 Å². The van der Waals surface area contributed by atoms with Crippen LogP contribution in [0.25, 0.3) is 0 Å². The van der Waals surface area contributed by atoms with Crippen LogP contribution in [0.15, 0.2) is 23.1 Å². The number of nitrogens with one attached hydrogen (secondary N) is 1. The van der Waals surface area contributed by atoms with Gasteiger partial charge in [0.15, 0.2) is 0 Å². The Hall–Kier alpha value is -1.72. The van der Waals surface area contributed by atoms with Crippen molar-refractivity contribution in [3.8, 4) is 0 Å². The molecule has 1 aromatic rings. The summed E-state index contributed by atoms with van der Waals surface area (Å²) in [5, 5.41) is 8.79. The number of aliphatic carboxylic acids is 1. The number of hydrogen-bond acceptors (Lipinski definition) is 5. The number of nitrogens with zero attached hydrogens (tertiary/aromatic N) is 1. The lowest BCUT2D eigenvalue weighted by Gasteiger charge is -2.20. The maximum atomic E-state index is 14.1.